The number of hydrogen-bond acceptors (Lipinski definition) is 1. The Bertz CT molecular complexity index is 511. The highest BCUT2D eigenvalue weighted by molar-refractivity contribution is 5.85. The molecule has 2 heteroatoms. The van der Waals surface area contributed by atoms with Gasteiger partial charge < -0.3 is 10.7 Å². The van der Waals surface area contributed by atoms with E-state index in [0.717, 1.165) is 6.42 Å². The summed E-state index contributed by atoms with van der Waals surface area (Å²) < 4.78 is 0. The van der Waals surface area contributed by atoms with Gasteiger partial charge in [-0.1, -0.05) is 19.9 Å². The lowest BCUT2D eigenvalue weighted by atomic mass is 9.96. The first-order chi connectivity index (χ1) is 8.17. The highest BCUT2D eigenvalue weighted by atomic mass is 14.7. The number of H-pyrrole nitrogens is 1. The number of hydrogen-bond donors (Lipinski definition) is 2. The molecule has 0 bridgehead atoms. The summed E-state index contributed by atoms with van der Waals surface area (Å²) in [6.07, 6.45) is 2.14. The molecule has 0 fully saturated rings. The molecule has 0 aliphatic carbocycles. The van der Waals surface area contributed by atoms with Crippen molar-refractivity contribution in [3.05, 3.63) is 35.0 Å². The van der Waals surface area contributed by atoms with Crippen molar-refractivity contribution in [2.75, 3.05) is 6.54 Å². The molecule has 0 spiro atoms. The van der Waals surface area contributed by atoms with Crippen LogP contribution in [0.15, 0.2) is 18.2 Å². The number of aryl methyl sites for hydroxylation is 1. The SMILES string of the molecule is CCC(C)c1ccc2[nH]c(C)c(CCN)c2c1. The average molecular weight is 230 g/mol. The third kappa shape index (κ3) is 2.22. The van der Waals surface area contributed by atoms with Gasteiger partial charge in [-0.15, -0.1) is 0 Å². The van der Waals surface area contributed by atoms with E-state index < -0.39 is 0 Å². The van der Waals surface area contributed by atoms with Gasteiger partial charge in [0.05, 0.1) is 0 Å². The van der Waals surface area contributed by atoms with Gasteiger partial charge in [0.15, 0.2) is 0 Å². The molecule has 92 valence electrons. The van der Waals surface area contributed by atoms with Crippen molar-refractivity contribution in [2.24, 2.45) is 5.73 Å². The van der Waals surface area contributed by atoms with E-state index in [2.05, 4.69) is 44.0 Å². The largest absolute Gasteiger partial charge is 0.358 e. The van der Waals surface area contributed by atoms with Gasteiger partial charge in [-0.3, -0.25) is 0 Å². The normalized spacial score (nSPS) is 13.2. The topological polar surface area (TPSA) is 41.8 Å². The number of aromatic nitrogens is 1. The standard InChI is InChI=1S/C15H22N2/c1-4-10(2)12-5-6-15-14(9-12)13(7-8-16)11(3)17-15/h5-6,9-10,17H,4,7-8,16H2,1-3H3. The van der Waals surface area contributed by atoms with Crippen LogP contribution in [-0.2, 0) is 6.42 Å². The van der Waals surface area contributed by atoms with Gasteiger partial charge in [-0.05, 0) is 55.5 Å². The molecule has 0 aliphatic rings. The fraction of sp³-hybridized carbons (Fsp3) is 0.467. The molecule has 0 saturated carbocycles. The maximum Gasteiger partial charge on any atom is 0.0459 e. The second kappa shape index (κ2) is 4.92. The Morgan fingerprint density at radius 3 is 2.76 bits per heavy atom. The van der Waals surface area contributed by atoms with E-state index in [-0.39, 0.29) is 0 Å². The third-order valence-corrected chi connectivity index (χ3v) is 3.72. The minimum atomic E-state index is 0.625. The number of benzene rings is 1. The second-order valence-electron chi connectivity index (χ2n) is 4.88. The Kier molecular flexibility index (Phi) is 3.53. The summed E-state index contributed by atoms with van der Waals surface area (Å²) in [5.41, 5.74) is 11.0. The molecule has 2 nitrogen and oxygen atoms in total. The van der Waals surface area contributed by atoms with Crippen LogP contribution in [-0.4, -0.2) is 11.5 Å². The molecule has 1 atom stereocenters. The van der Waals surface area contributed by atoms with Gasteiger partial charge in [0.25, 0.3) is 0 Å². The lowest BCUT2D eigenvalue weighted by Gasteiger charge is -2.09. The van der Waals surface area contributed by atoms with Crippen LogP contribution in [0.1, 0.15) is 43.0 Å². The molecule has 3 N–H and O–H groups in total. The minimum absolute atomic E-state index is 0.625. The maximum absolute atomic E-state index is 5.69. The van der Waals surface area contributed by atoms with Crippen molar-refractivity contribution >= 4 is 10.9 Å². The summed E-state index contributed by atoms with van der Waals surface area (Å²) in [4.78, 5) is 3.44. The Morgan fingerprint density at radius 2 is 2.12 bits per heavy atom. The predicted molar refractivity (Wildman–Crippen MR) is 74.5 cm³/mol. The molecule has 1 unspecified atom stereocenters. The van der Waals surface area contributed by atoms with E-state index in [1.54, 1.807) is 0 Å². The smallest absolute Gasteiger partial charge is 0.0459 e. The lowest BCUT2D eigenvalue weighted by Crippen LogP contribution is -2.03. The summed E-state index contributed by atoms with van der Waals surface area (Å²) in [7, 11) is 0. The number of fused-ring (bicyclic) bond motifs is 1. The van der Waals surface area contributed by atoms with E-state index in [0.29, 0.717) is 12.5 Å². The van der Waals surface area contributed by atoms with Gasteiger partial charge in [-0.2, -0.15) is 0 Å². The van der Waals surface area contributed by atoms with Crippen molar-refractivity contribution in [3.8, 4) is 0 Å². The molecule has 1 heterocycles. The summed E-state index contributed by atoms with van der Waals surface area (Å²) >= 11 is 0. The van der Waals surface area contributed by atoms with Crippen molar-refractivity contribution in [1.29, 1.82) is 0 Å². The van der Waals surface area contributed by atoms with E-state index >= 15 is 0 Å². The highest BCUT2D eigenvalue weighted by Crippen LogP contribution is 2.27. The number of rotatable bonds is 4. The van der Waals surface area contributed by atoms with Crippen LogP contribution in [0, 0.1) is 6.92 Å². The Labute approximate surface area is 103 Å². The first kappa shape index (κ1) is 12.2. The van der Waals surface area contributed by atoms with E-state index in [1.165, 1.54) is 34.1 Å². The Hall–Kier alpha value is -1.28. The zero-order chi connectivity index (χ0) is 12.4. The van der Waals surface area contributed by atoms with Crippen molar-refractivity contribution < 1.29 is 0 Å². The molecule has 2 aromatic rings. The third-order valence-electron chi connectivity index (χ3n) is 3.72. The summed E-state index contributed by atoms with van der Waals surface area (Å²) in [6.45, 7) is 7.36. The Balaban J connectivity index is 2.54. The molecule has 1 aromatic heterocycles. The van der Waals surface area contributed by atoms with Crippen LogP contribution < -0.4 is 5.73 Å². The van der Waals surface area contributed by atoms with Crippen molar-refractivity contribution in [3.63, 3.8) is 0 Å². The van der Waals surface area contributed by atoms with Crippen LogP contribution in [0.4, 0.5) is 0 Å². The number of nitrogens with two attached hydrogens (primary N) is 1. The quantitative estimate of drug-likeness (QED) is 0.829. The average Bonchev–Trinajstić information content (AvgIpc) is 2.65. The zero-order valence-electron chi connectivity index (χ0n) is 11.0. The number of nitrogens with one attached hydrogen (secondary N) is 1. The van der Waals surface area contributed by atoms with Crippen LogP contribution in [0.3, 0.4) is 0 Å². The van der Waals surface area contributed by atoms with Gasteiger partial charge >= 0.3 is 0 Å². The van der Waals surface area contributed by atoms with Gasteiger partial charge in [0.2, 0.25) is 0 Å². The van der Waals surface area contributed by atoms with Gasteiger partial charge in [0.1, 0.15) is 0 Å². The molecule has 0 radical (unpaired) electrons. The lowest BCUT2D eigenvalue weighted by molar-refractivity contribution is 0.734. The summed E-state index contributed by atoms with van der Waals surface area (Å²) in [5, 5.41) is 1.35. The molecule has 0 aliphatic heterocycles. The van der Waals surface area contributed by atoms with E-state index in [9.17, 15) is 0 Å². The minimum Gasteiger partial charge on any atom is -0.358 e. The molecule has 1 aromatic carbocycles. The molecule has 17 heavy (non-hydrogen) atoms. The first-order valence-electron chi connectivity index (χ1n) is 6.48. The highest BCUT2D eigenvalue weighted by Gasteiger charge is 2.10. The van der Waals surface area contributed by atoms with E-state index in [4.69, 9.17) is 5.73 Å². The molecular formula is C15H22N2. The van der Waals surface area contributed by atoms with Crippen molar-refractivity contribution in [1.82, 2.24) is 4.98 Å². The fourth-order valence-corrected chi connectivity index (χ4v) is 2.41. The van der Waals surface area contributed by atoms with Gasteiger partial charge in [-0.25, -0.2) is 0 Å². The first-order valence-corrected chi connectivity index (χ1v) is 6.48. The monoisotopic (exact) mass is 230 g/mol. The van der Waals surface area contributed by atoms with Crippen LogP contribution in [0.5, 0.6) is 0 Å². The predicted octanol–water partition coefficient (Wildman–Crippen LogP) is 3.49. The summed E-state index contributed by atoms with van der Waals surface area (Å²) in [6, 6.07) is 6.76. The zero-order valence-corrected chi connectivity index (χ0v) is 11.0. The summed E-state index contributed by atoms with van der Waals surface area (Å²) in [5.74, 6) is 0.625. The van der Waals surface area contributed by atoms with Crippen molar-refractivity contribution in [2.45, 2.75) is 39.5 Å². The molecule has 0 saturated heterocycles. The molecule has 2 rings (SSSR count). The van der Waals surface area contributed by atoms with Crippen LogP contribution in [0.2, 0.25) is 0 Å². The fourth-order valence-electron chi connectivity index (χ4n) is 2.41. The molecule has 0 amide bonds. The van der Waals surface area contributed by atoms with Crippen LogP contribution >= 0.6 is 0 Å². The van der Waals surface area contributed by atoms with Gasteiger partial charge in [0, 0.05) is 16.6 Å². The van der Waals surface area contributed by atoms with E-state index in [1.807, 2.05) is 0 Å². The second-order valence-corrected chi connectivity index (χ2v) is 4.88. The maximum atomic E-state index is 5.69. The number of aromatic amines is 1. The Morgan fingerprint density at radius 1 is 1.35 bits per heavy atom. The molecular weight excluding hydrogens is 208 g/mol. The van der Waals surface area contributed by atoms with Crippen LogP contribution in [0.25, 0.3) is 10.9 Å².